The van der Waals surface area contributed by atoms with Crippen LogP contribution >= 0.6 is 23.2 Å². The number of carbonyl (C=O) groups excluding carboxylic acids is 1. The molecule has 4 atom stereocenters. The lowest BCUT2D eigenvalue weighted by atomic mass is 9.59. The molecular weight excluding hydrogens is 365 g/mol. The number of halogens is 2. The van der Waals surface area contributed by atoms with E-state index in [1.165, 1.54) is 5.56 Å². The Kier molecular flexibility index (Phi) is 5.76. The molecular formula is C22H25Cl2NO. The van der Waals surface area contributed by atoms with Crippen LogP contribution < -0.4 is 5.73 Å². The van der Waals surface area contributed by atoms with E-state index < -0.39 is 5.54 Å². The first-order valence-electron chi connectivity index (χ1n) is 9.16. The van der Waals surface area contributed by atoms with Crippen LogP contribution in [0.15, 0.2) is 42.5 Å². The van der Waals surface area contributed by atoms with Crippen LogP contribution in [0.5, 0.6) is 0 Å². The van der Waals surface area contributed by atoms with E-state index in [1.807, 2.05) is 25.1 Å². The number of carbonyl (C=O) groups is 1. The highest BCUT2D eigenvalue weighted by atomic mass is 35.5. The first kappa shape index (κ1) is 19.4. The smallest absolute Gasteiger partial charge is 0.140 e. The normalized spacial score (nSPS) is 28.7. The number of aldehydes is 1. The molecule has 0 aromatic heterocycles. The van der Waals surface area contributed by atoms with Gasteiger partial charge in [0.15, 0.2) is 0 Å². The quantitative estimate of drug-likeness (QED) is 0.662. The molecule has 0 heterocycles. The van der Waals surface area contributed by atoms with E-state index in [0.29, 0.717) is 11.4 Å². The van der Waals surface area contributed by atoms with Crippen molar-refractivity contribution in [3.63, 3.8) is 0 Å². The number of nitrogens with two attached hydrogens (primary N) is 1. The monoisotopic (exact) mass is 389 g/mol. The molecule has 4 heteroatoms. The average molecular weight is 390 g/mol. The largest absolute Gasteiger partial charge is 0.319 e. The molecule has 2 N–H and O–H groups in total. The van der Waals surface area contributed by atoms with Gasteiger partial charge in [0.05, 0.1) is 5.54 Å². The van der Waals surface area contributed by atoms with E-state index in [0.717, 1.165) is 35.3 Å². The zero-order valence-corrected chi connectivity index (χ0v) is 16.7. The van der Waals surface area contributed by atoms with E-state index >= 15 is 0 Å². The maximum Gasteiger partial charge on any atom is 0.140 e. The zero-order valence-electron chi connectivity index (χ0n) is 15.2. The molecule has 3 rings (SSSR count). The third kappa shape index (κ3) is 3.55. The summed E-state index contributed by atoms with van der Waals surface area (Å²) in [6.45, 7) is 4.15. The van der Waals surface area contributed by atoms with Crippen LogP contribution in [0, 0.1) is 12.8 Å². The molecule has 138 valence electrons. The van der Waals surface area contributed by atoms with Crippen LogP contribution in [-0.4, -0.2) is 11.8 Å². The summed E-state index contributed by atoms with van der Waals surface area (Å²) in [5.41, 5.74) is 9.20. The van der Waals surface area contributed by atoms with Crippen LogP contribution in [0.25, 0.3) is 0 Å². The Labute approximate surface area is 165 Å². The number of rotatable bonds is 4. The van der Waals surface area contributed by atoms with Gasteiger partial charge in [-0.05, 0) is 72.4 Å². The maximum absolute atomic E-state index is 11.9. The van der Waals surface area contributed by atoms with E-state index in [4.69, 9.17) is 28.9 Å². The second-order valence-electron chi connectivity index (χ2n) is 7.49. The summed E-state index contributed by atoms with van der Waals surface area (Å²) >= 11 is 12.7. The van der Waals surface area contributed by atoms with Gasteiger partial charge in [-0.15, -0.1) is 0 Å². The van der Waals surface area contributed by atoms with Crippen molar-refractivity contribution >= 4 is 29.5 Å². The van der Waals surface area contributed by atoms with Crippen molar-refractivity contribution in [3.05, 3.63) is 69.2 Å². The van der Waals surface area contributed by atoms with Crippen LogP contribution in [-0.2, 0) is 4.79 Å². The molecule has 2 aromatic rings. The number of hydrogen-bond acceptors (Lipinski definition) is 2. The Bertz CT molecular complexity index is 789. The Morgan fingerprint density at radius 3 is 2.46 bits per heavy atom. The van der Waals surface area contributed by atoms with Crippen molar-refractivity contribution in [2.75, 3.05) is 0 Å². The highest BCUT2D eigenvalue weighted by Gasteiger charge is 2.47. The summed E-state index contributed by atoms with van der Waals surface area (Å²) < 4.78 is 0. The summed E-state index contributed by atoms with van der Waals surface area (Å²) in [4.78, 5) is 11.9. The maximum atomic E-state index is 11.9. The van der Waals surface area contributed by atoms with Gasteiger partial charge in [-0.3, -0.25) is 0 Å². The molecule has 1 aliphatic carbocycles. The molecule has 0 aliphatic heterocycles. The Hall–Kier alpha value is -1.35. The van der Waals surface area contributed by atoms with Crippen molar-refractivity contribution < 1.29 is 4.79 Å². The molecule has 0 saturated heterocycles. The molecule has 0 amide bonds. The van der Waals surface area contributed by atoms with Gasteiger partial charge in [-0.1, -0.05) is 60.8 Å². The van der Waals surface area contributed by atoms with Gasteiger partial charge in [0, 0.05) is 10.0 Å². The van der Waals surface area contributed by atoms with Crippen molar-refractivity contribution in [2.45, 2.75) is 50.5 Å². The summed E-state index contributed by atoms with van der Waals surface area (Å²) in [6.07, 6.45) is 3.30. The highest BCUT2D eigenvalue weighted by Crippen LogP contribution is 2.52. The topological polar surface area (TPSA) is 43.1 Å². The van der Waals surface area contributed by atoms with E-state index in [1.54, 1.807) is 0 Å². The third-order valence-electron chi connectivity index (χ3n) is 5.92. The van der Waals surface area contributed by atoms with Gasteiger partial charge in [0.2, 0.25) is 0 Å². The zero-order chi connectivity index (χ0) is 18.9. The number of benzene rings is 2. The summed E-state index contributed by atoms with van der Waals surface area (Å²) in [5, 5.41) is 1.50. The average Bonchev–Trinajstić information content (AvgIpc) is 2.63. The van der Waals surface area contributed by atoms with Crippen molar-refractivity contribution in [2.24, 2.45) is 11.7 Å². The minimum absolute atomic E-state index is 0.0531. The van der Waals surface area contributed by atoms with Gasteiger partial charge in [-0.25, -0.2) is 0 Å². The molecule has 0 radical (unpaired) electrons. The fourth-order valence-electron chi connectivity index (χ4n) is 4.60. The van der Waals surface area contributed by atoms with E-state index in [9.17, 15) is 4.79 Å². The Balaban J connectivity index is 2.12. The number of aryl methyl sites for hydroxylation is 1. The van der Waals surface area contributed by atoms with Gasteiger partial charge in [0.1, 0.15) is 6.29 Å². The van der Waals surface area contributed by atoms with E-state index in [-0.39, 0.29) is 17.8 Å². The van der Waals surface area contributed by atoms with Crippen LogP contribution in [0.3, 0.4) is 0 Å². The number of hydrogen-bond donors (Lipinski definition) is 1. The van der Waals surface area contributed by atoms with Gasteiger partial charge in [-0.2, -0.15) is 0 Å². The predicted molar refractivity (Wildman–Crippen MR) is 109 cm³/mol. The minimum Gasteiger partial charge on any atom is -0.319 e. The second kappa shape index (κ2) is 7.72. The molecule has 0 spiro atoms. The molecule has 1 aliphatic rings. The Morgan fingerprint density at radius 2 is 1.88 bits per heavy atom. The molecule has 0 bridgehead atoms. The first-order valence-corrected chi connectivity index (χ1v) is 9.92. The summed E-state index contributed by atoms with van der Waals surface area (Å²) in [7, 11) is 0. The van der Waals surface area contributed by atoms with Gasteiger partial charge >= 0.3 is 0 Å². The Morgan fingerprint density at radius 1 is 1.19 bits per heavy atom. The first-order chi connectivity index (χ1) is 12.4. The molecule has 4 unspecified atom stereocenters. The molecule has 1 saturated carbocycles. The highest BCUT2D eigenvalue weighted by molar-refractivity contribution is 6.31. The van der Waals surface area contributed by atoms with Crippen LogP contribution in [0.1, 0.15) is 54.7 Å². The SMILES string of the molecule is CCC1C(c2ccc(Cl)cc2)C(c2ccc(C)cc2Cl)CCC1(N)C=O. The fourth-order valence-corrected chi connectivity index (χ4v) is 5.10. The lowest BCUT2D eigenvalue weighted by Gasteiger charge is -2.47. The third-order valence-corrected chi connectivity index (χ3v) is 6.49. The fraction of sp³-hybridized carbons (Fsp3) is 0.409. The van der Waals surface area contributed by atoms with Crippen molar-refractivity contribution in [3.8, 4) is 0 Å². The standard InChI is InChI=1S/C22H25Cl2NO/c1-3-19-21(15-5-7-16(23)8-6-15)18(10-11-22(19,25)13-26)17-9-4-14(2)12-20(17)24/h4-9,12-13,18-19,21H,3,10-11,25H2,1-2H3. The second-order valence-corrected chi connectivity index (χ2v) is 8.34. The molecule has 2 aromatic carbocycles. The van der Waals surface area contributed by atoms with Crippen LogP contribution in [0.4, 0.5) is 0 Å². The van der Waals surface area contributed by atoms with Gasteiger partial charge in [0.25, 0.3) is 0 Å². The van der Waals surface area contributed by atoms with E-state index in [2.05, 4.69) is 31.2 Å². The van der Waals surface area contributed by atoms with Crippen molar-refractivity contribution in [1.82, 2.24) is 0 Å². The van der Waals surface area contributed by atoms with Crippen LogP contribution in [0.2, 0.25) is 10.0 Å². The predicted octanol–water partition coefficient (Wildman–Crippen LogP) is 5.89. The lowest BCUT2D eigenvalue weighted by molar-refractivity contribution is -0.115. The molecule has 1 fully saturated rings. The minimum atomic E-state index is -0.799. The summed E-state index contributed by atoms with van der Waals surface area (Å²) in [5.74, 6) is 0.407. The summed E-state index contributed by atoms with van der Waals surface area (Å²) in [6, 6.07) is 14.2. The molecule has 2 nitrogen and oxygen atoms in total. The van der Waals surface area contributed by atoms with Crippen molar-refractivity contribution in [1.29, 1.82) is 0 Å². The van der Waals surface area contributed by atoms with Gasteiger partial charge < -0.3 is 10.5 Å². The molecule has 26 heavy (non-hydrogen) atoms. The lowest BCUT2D eigenvalue weighted by Crippen LogP contribution is -2.54.